The van der Waals surface area contributed by atoms with E-state index in [2.05, 4.69) is 0 Å². The number of aliphatic carboxylic acids is 1. The van der Waals surface area contributed by atoms with Crippen molar-refractivity contribution in [1.82, 2.24) is 9.21 Å². The molecule has 11 heteroatoms. The lowest BCUT2D eigenvalue weighted by atomic mass is 9.67. The zero-order valence-electron chi connectivity index (χ0n) is 22.0. The third-order valence-electron chi connectivity index (χ3n) is 7.78. The molecule has 2 aromatic rings. The maximum Gasteiger partial charge on any atom is 0.304 e. The first-order chi connectivity index (χ1) is 18.3. The molecule has 1 N–H and O–H groups in total. The second kappa shape index (κ2) is 11.1. The predicted octanol–water partition coefficient (Wildman–Crippen LogP) is 5.26. The van der Waals surface area contributed by atoms with Gasteiger partial charge < -0.3 is 10.0 Å². The van der Waals surface area contributed by atoms with Crippen LogP contribution in [-0.4, -0.2) is 58.9 Å². The average molecular weight is 596 g/mol. The standard InChI is InChI=1S/C28H32Cl2N2O6S/c1-4-23(26(35)31(3)39(37,38)21-12-13-21)32-25(17-8-10-19(29)11-9-17)22(18-6-5-7-20(30)14-18)15-28(2,27(32)36)16-24(33)34/h5-11,14,21-23,25H,4,12-13,15-16H2,1-3H3,(H,33,34)/t22-,23+,25-,28+/m1/s1. The first-order valence-electron chi connectivity index (χ1n) is 12.9. The van der Waals surface area contributed by atoms with Crippen molar-refractivity contribution in [3.63, 3.8) is 0 Å². The lowest BCUT2D eigenvalue weighted by molar-refractivity contribution is -0.163. The number of nitrogens with zero attached hydrogens (tertiary/aromatic N) is 2. The Morgan fingerprint density at radius 2 is 1.74 bits per heavy atom. The Bertz CT molecular complexity index is 1380. The molecule has 0 spiro atoms. The molecule has 2 aliphatic rings. The van der Waals surface area contributed by atoms with E-state index in [9.17, 15) is 27.9 Å². The van der Waals surface area contributed by atoms with Crippen LogP contribution in [0.25, 0.3) is 0 Å². The van der Waals surface area contributed by atoms with Crippen LogP contribution in [0.5, 0.6) is 0 Å². The highest BCUT2D eigenvalue weighted by Crippen LogP contribution is 2.52. The van der Waals surface area contributed by atoms with Gasteiger partial charge in [0.15, 0.2) is 0 Å². The summed E-state index contributed by atoms with van der Waals surface area (Å²) in [4.78, 5) is 41.5. The number of sulfonamides is 1. The van der Waals surface area contributed by atoms with E-state index in [1.54, 1.807) is 56.3 Å². The van der Waals surface area contributed by atoms with Crippen LogP contribution in [0.3, 0.4) is 0 Å². The number of halogens is 2. The molecule has 39 heavy (non-hydrogen) atoms. The van der Waals surface area contributed by atoms with Crippen molar-refractivity contribution in [3.8, 4) is 0 Å². The Morgan fingerprint density at radius 1 is 1.10 bits per heavy atom. The molecule has 1 heterocycles. The summed E-state index contributed by atoms with van der Waals surface area (Å²) in [6, 6.07) is 12.2. The molecule has 4 atom stereocenters. The lowest BCUT2D eigenvalue weighted by Gasteiger charge is -2.51. The number of piperidine rings is 1. The highest BCUT2D eigenvalue weighted by Gasteiger charge is 2.54. The fourth-order valence-corrected chi connectivity index (χ4v) is 7.51. The van der Waals surface area contributed by atoms with E-state index in [4.69, 9.17) is 23.2 Å². The molecule has 1 saturated heterocycles. The molecule has 2 aromatic carbocycles. The second-order valence-electron chi connectivity index (χ2n) is 10.7. The minimum absolute atomic E-state index is 0.130. The fourth-order valence-electron chi connectivity index (χ4n) is 5.64. The number of carboxylic acid groups (broad SMARTS) is 1. The molecule has 4 rings (SSSR count). The van der Waals surface area contributed by atoms with Crippen molar-refractivity contribution in [1.29, 1.82) is 0 Å². The van der Waals surface area contributed by atoms with Crippen molar-refractivity contribution < 1.29 is 27.9 Å². The number of amides is 2. The minimum Gasteiger partial charge on any atom is -0.481 e. The van der Waals surface area contributed by atoms with Gasteiger partial charge in [-0.1, -0.05) is 61.3 Å². The Kier molecular flexibility index (Phi) is 8.36. The summed E-state index contributed by atoms with van der Waals surface area (Å²) in [6.07, 6.45) is 0.835. The van der Waals surface area contributed by atoms with E-state index >= 15 is 0 Å². The molecule has 0 unspecified atom stereocenters. The highest BCUT2D eigenvalue weighted by molar-refractivity contribution is 7.90. The predicted molar refractivity (Wildman–Crippen MR) is 149 cm³/mol. The van der Waals surface area contributed by atoms with Gasteiger partial charge in [-0.3, -0.25) is 14.4 Å². The number of likely N-dealkylation sites (N-methyl/N-ethyl adjacent to an activating group) is 1. The number of hydrogen-bond donors (Lipinski definition) is 1. The summed E-state index contributed by atoms with van der Waals surface area (Å²) in [7, 11) is -2.63. The Hall–Kier alpha value is -2.62. The molecule has 210 valence electrons. The SMILES string of the molecule is CC[C@@H](C(=O)N(C)S(=O)(=O)C1CC1)N1C(=O)[C@](C)(CC(=O)O)C[C@H](c2cccc(Cl)c2)[C@H]1c1ccc(Cl)cc1. The first-order valence-corrected chi connectivity index (χ1v) is 15.1. The molecule has 2 fully saturated rings. The van der Waals surface area contributed by atoms with Crippen molar-refractivity contribution in [2.45, 2.75) is 69.2 Å². The van der Waals surface area contributed by atoms with Gasteiger partial charge in [-0.05, 0) is 61.1 Å². The number of carbonyl (C=O) groups is 3. The van der Waals surface area contributed by atoms with Gasteiger partial charge >= 0.3 is 5.97 Å². The van der Waals surface area contributed by atoms with Crippen LogP contribution in [0.1, 0.15) is 69.0 Å². The molecule has 1 saturated carbocycles. The third kappa shape index (κ3) is 5.81. The Labute approximate surface area is 238 Å². The summed E-state index contributed by atoms with van der Waals surface area (Å²) < 4.78 is 26.8. The van der Waals surface area contributed by atoms with E-state index in [0.717, 1.165) is 9.87 Å². The monoisotopic (exact) mass is 594 g/mol. The van der Waals surface area contributed by atoms with Crippen molar-refractivity contribution in [3.05, 3.63) is 69.7 Å². The van der Waals surface area contributed by atoms with E-state index in [-0.39, 0.29) is 12.8 Å². The Balaban J connectivity index is 1.91. The van der Waals surface area contributed by atoms with Crippen LogP contribution in [0, 0.1) is 5.41 Å². The van der Waals surface area contributed by atoms with Gasteiger partial charge in [0.25, 0.3) is 5.91 Å². The maximum absolute atomic E-state index is 14.3. The van der Waals surface area contributed by atoms with Crippen LogP contribution in [0.4, 0.5) is 0 Å². The first kappa shape index (κ1) is 29.4. The van der Waals surface area contributed by atoms with Gasteiger partial charge in [-0.15, -0.1) is 0 Å². The van der Waals surface area contributed by atoms with Crippen LogP contribution < -0.4 is 0 Å². The summed E-state index contributed by atoms with van der Waals surface area (Å²) in [5.41, 5.74) is 0.107. The lowest BCUT2D eigenvalue weighted by Crippen LogP contribution is -2.60. The normalized spacial score (nSPS) is 24.3. The quantitative estimate of drug-likeness (QED) is 0.423. The van der Waals surface area contributed by atoms with Crippen molar-refractivity contribution >= 4 is 51.0 Å². The van der Waals surface area contributed by atoms with Crippen LogP contribution >= 0.6 is 23.2 Å². The zero-order chi connectivity index (χ0) is 28.7. The van der Waals surface area contributed by atoms with E-state index in [1.165, 1.54) is 11.9 Å². The number of benzene rings is 2. The third-order valence-corrected chi connectivity index (χ3v) is 10.5. The summed E-state index contributed by atoms with van der Waals surface area (Å²) in [5, 5.41) is 10.1. The van der Waals surface area contributed by atoms with Gasteiger partial charge in [-0.25, -0.2) is 12.7 Å². The minimum atomic E-state index is -3.87. The molecule has 0 bridgehead atoms. The number of likely N-dealkylation sites (tertiary alicyclic amines) is 1. The Morgan fingerprint density at radius 3 is 2.28 bits per heavy atom. The van der Waals surface area contributed by atoms with Gasteiger partial charge in [0.05, 0.1) is 23.1 Å². The van der Waals surface area contributed by atoms with Crippen LogP contribution in [0.15, 0.2) is 48.5 Å². The molecule has 0 aromatic heterocycles. The zero-order valence-corrected chi connectivity index (χ0v) is 24.3. The molecule has 2 amide bonds. The van der Waals surface area contributed by atoms with Gasteiger partial charge in [-0.2, -0.15) is 0 Å². The molecule has 1 aliphatic carbocycles. The van der Waals surface area contributed by atoms with Gasteiger partial charge in [0.1, 0.15) is 6.04 Å². The average Bonchev–Trinajstić information content (AvgIpc) is 3.73. The van der Waals surface area contributed by atoms with E-state index in [0.29, 0.717) is 28.5 Å². The second-order valence-corrected chi connectivity index (χ2v) is 13.8. The molecule has 1 aliphatic heterocycles. The smallest absolute Gasteiger partial charge is 0.304 e. The molecular weight excluding hydrogens is 563 g/mol. The summed E-state index contributed by atoms with van der Waals surface area (Å²) >= 11 is 12.5. The number of rotatable bonds is 9. The van der Waals surface area contributed by atoms with E-state index in [1.807, 2.05) is 6.07 Å². The summed E-state index contributed by atoms with van der Waals surface area (Å²) in [5.74, 6) is -2.82. The van der Waals surface area contributed by atoms with Crippen LogP contribution in [-0.2, 0) is 24.4 Å². The molecule has 8 nitrogen and oxygen atoms in total. The van der Waals surface area contributed by atoms with Crippen LogP contribution in [0.2, 0.25) is 10.0 Å². The fraction of sp³-hybridized carbons (Fsp3) is 0.464. The van der Waals surface area contributed by atoms with Crippen molar-refractivity contribution in [2.24, 2.45) is 5.41 Å². The maximum atomic E-state index is 14.3. The molecular formula is C28H32Cl2N2O6S. The molecule has 0 radical (unpaired) electrons. The number of hydrogen-bond acceptors (Lipinski definition) is 5. The van der Waals surface area contributed by atoms with Gasteiger partial charge in [0, 0.05) is 23.0 Å². The largest absolute Gasteiger partial charge is 0.481 e. The topological polar surface area (TPSA) is 112 Å². The summed E-state index contributed by atoms with van der Waals surface area (Å²) in [6.45, 7) is 3.30. The number of carbonyl (C=O) groups excluding carboxylic acids is 2. The number of carboxylic acids is 1. The van der Waals surface area contributed by atoms with Gasteiger partial charge in [0.2, 0.25) is 15.9 Å². The highest BCUT2D eigenvalue weighted by atomic mass is 35.5. The van der Waals surface area contributed by atoms with Crippen molar-refractivity contribution in [2.75, 3.05) is 7.05 Å². The van der Waals surface area contributed by atoms with E-state index < -0.39 is 62.9 Å².